The van der Waals surface area contributed by atoms with Crippen molar-refractivity contribution in [3.8, 4) is 17.0 Å². The van der Waals surface area contributed by atoms with Gasteiger partial charge in [-0.2, -0.15) is 0 Å². The van der Waals surface area contributed by atoms with Crippen LogP contribution in [0.15, 0.2) is 30.5 Å². The topological polar surface area (TPSA) is 40.2 Å². The molecule has 2 N–H and O–H groups in total. The molecule has 1 aromatic carbocycles. The summed E-state index contributed by atoms with van der Waals surface area (Å²) in [6.07, 6.45) is 1.87. The van der Waals surface area contributed by atoms with E-state index in [-0.39, 0.29) is 0 Å². The number of hydrogen-bond donors (Lipinski definition) is 1. The fourth-order valence-electron chi connectivity index (χ4n) is 1.93. The molecule has 16 heavy (non-hydrogen) atoms. The predicted molar refractivity (Wildman–Crippen MR) is 66.0 cm³/mol. The molecule has 0 aliphatic rings. The van der Waals surface area contributed by atoms with Crippen LogP contribution in [0.2, 0.25) is 0 Å². The van der Waals surface area contributed by atoms with Crippen LogP contribution in [0.25, 0.3) is 11.3 Å². The summed E-state index contributed by atoms with van der Waals surface area (Å²) in [4.78, 5) is 0. The lowest BCUT2D eigenvalue weighted by molar-refractivity contribution is 0.414. The van der Waals surface area contributed by atoms with Gasteiger partial charge in [-0.3, -0.25) is 4.68 Å². The Kier molecular flexibility index (Phi) is 2.60. The number of benzene rings is 1. The molecule has 0 unspecified atom stereocenters. The summed E-state index contributed by atoms with van der Waals surface area (Å²) >= 11 is 0. The van der Waals surface area contributed by atoms with E-state index in [0.717, 1.165) is 22.6 Å². The summed E-state index contributed by atoms with van der Waals surface area (Å²) in [7, 11) is 1.67. The van der Waals surface area contributed by atoms with Crippen LogP contribution in [0.5, 0.6) is 5.75 Å². The summed E-state index contributed by atoms with van der Waals surface area (Å²) in [6, 6.07) is 8.02. The highest BCUT2D eigenvalue weighted by Crippen LogP contribution is 2.28. The van der Waals surface area contributed by atoms with Gasteiger partial charge >= 0.3 is 0 Å². The van der Waals surface area contributed by atoms with Crippen LogP contribution in [0.4, 0.5) is 0 Å². The number of nitrogen functional groups attached to an aromatic ring is 1. The molecule has 0 atom stereocenters. The number of nitrogens with zero attached hydrogens (tertiary/aromatic N) is 1. The molecule has 3 heteroatoms. The molecule has 0 bridgehead atoms. The standard InChI is InChI=1S/C13H16N2O/c1-9-6-7-15(14)13(9)12-5-4-11(16-3)8-10(12)2/h4-8H,14H2,1-3H3. The highest BCUT2D eigenvalue weighted by Gasteiger charge is 2.09. The third-order valence-corrected chi connectivity index (χ3v) is 2.81. The van der Waals surface area contributed by atoms with Gasteiger partial charge in [0.05, 0.1) is 12.8 Å². The summed E-state index contributed by atoms with van der Waals surface area (Å²) in [5.74, 6) is 6.77. The van der Waals surface area contributed by atoms with E-state index in [1.807, 2.05) is 30.5 Å². The molecule has 3 nitrogen and oxygen atoms in total. The maximum absolute atomic E-state index is 5.90. The van der Waals surface area contributed by atoms with Crippen molar-refractivity contribution >= 4 is 0 Å². The lowest BCUT2D eigenvalue weighted by atomic mass is 10.0. The maximum Gasteiger partial charge on any atom is 0.119 e. The average molecular weight is 216 g/mol. The molecular formula is C13H16N2O. The average Bonchev–Trinajstić information content (AvgIpc) is 2.59. The molecule has 1 aromatic heterocycles. The minimum absolute atomic E-state index is 0.869. The van der Waals surface area contributed by atoms with E-state index >= 15 is 0 Å². The zero-order chi connectivity index (χ0) is 11.7. The Morgan fingerprint density at radius 1 is 1.12 bits per heavy atom. The quantitative estimate of drug-likeness (QED) is 0.783. The van der Waals surface area contributed by atoms with Gasteiger partial charge in [-0.05, 0) is 49.2 Å². The Morgan fingerprint density at radius 3 is 2.38 bits per heavy atom. The van der Waals surface area contributed by atoms with Crippen LogP contribution in [-0.2, 0) is 0 Å². The molecule has 0 saturated carbocycles. The van der Waals surface area contributed by atoms with Crippen molar-refractivity contribution < 1.29 is 4.74 Å². The Hall–Kier alpha value is -1.90. The molecule has 0 aliphatic heterocycles. The van der Waals surface area contributed by atoms with E-state index < -0.39 is 0 Å². The number of rotatable bonds is 2. The van der Waals surface area contributed by atoms with E-state index in [2.05, 4.69) is 13.8 Å². The largest absolute Gasteiger partial charge is 0.497 e. The molecule has 2 rings (SSSR count). The normalized spacial score (nSPS) is 10.4. The van der Waals surface area contributed by atoms with Crippen LogP contribution in [0, 0.1) is 13.8 Å². The second-order valence-corrected chi connectivity index (χ2v) is 3.94. The van der Waals surface area contributed by atoms with Gasteiger partial charge in [-0.15, -0.1) is 0 Å². The van der Waals surface area contributed by atoms with Crippen LogP contribution in [0.3, 0.4) is 0 Å². The van der Waals surface area contributed by atoms with Gasteiger partial charge in [-0.1, -0.05) is 0 Å². The van der Waals surface area contributed by atoms with E-state index in [1.165, 1.54) is 5.56 Å². The summed E-state index contributed by atoms with van der Waals surface area (Å²) in [5.41, 5.74) is 4.54. The maximum atomic E-state index is 5.90. The molecule has 0 spiro atoms. The molecule has 1 heterocycles. The smallest absolute Gasteiger partial charge is 0.119 e. The van der Waals surface area contributed by atoms with E-state index in [1.54, 1.807) is 11.8 Å². The number of ether oxygens (including phenoxy) is 1. The predicted octanol–water partition coefficient (Wildman–Crippen LogP) is 2.49. The van der Waals surface area contributed by atoms with Gasteiger partial charge < -0.3 is 10.6 Å². The summed E-state index contributed by atoms with van der Waals surface area (Å²) in [6.45, 7) is 4.12. The minimum Gasteiger partial charge on any atom is -0.497 e. The first-order valence-corrected chi connectivity index (χ1v) is 5.21. The van der Waals surface area contributed by atoms with Crippen molar-refractivity contribution in [2.24, 2.45) is 0 Å². The highest BCUT2D eigenvalue weighted by atomic mass is 16.5. The van der Waals surface area contributed by atoms with Gasteiger partial charge in [0.1, 0.15) is 5.75 Å². The van der Waals surface area contributed by atoms with Crippen molar-refractivity contribution in [3.63, 3.8) is 0 Å². The van der Waals surface area contributed by atoms with Crippen LogP contribution >= 0.6 is 0 Å². The molecule has 0 fully saturated rings. The molecule has 0 saturated heterocycles. The fraction of sp³-hybridized carbons (Fsp3) is 0.231. The van der Waals surface area contributed by atoms with Gasteiger partial charge in [0, 0.05) is 11.8 Å². The van der Waals surface area contributed by atoms with E-state index in [0.29, 0.717) is 0 Å². The first kappa shape index (κ1) is 10.6. The van der Waals surface area contributed by atoms with Gasteiger partial charge in [0.15, 0.2) is 0 Å². The lowest BCUT2D eigenvalue weighted by Gasteiger charge is -2.10. The molecule has 0 amide bonds. The second-order valence-electron chi connectivity index (χ2n) is 3.94. The van der Waals surface area contributed by atoms with Crippen LogP contribution in [0.1, 0.15) is 11.1 Å². The van der Waals surface area contributed by atoms with Crippen molar-refractivity contribution in [2.45, 2.75) is 13.8 Å². The summed E-state index contributed by atoms with van der Waals surface area (Å²) < 4.78 is 6.85. The van der Waals surface area contributed by atoms with Crippen molar-refractivity contribution in [2.75, 3.05) is 13.0 Å². The highest BCUT2D eigenvalue weighted by molar-refractivity contribution is 5.68. The van der Waals surface area contributed by atoms with Gasteiger partial charge in [-0.25, -0.2) is 0 Å². The SMILES string of the molecule is COc1ccc(-c2c(C)ccn2N)c(C)c1. The monoisotopic (exact) mass is 216 g/mol. The number of aromatic nitrogens is 1. The van der Waals surface area contributed by atoms with Gasteiger partial charge in [0.2, 0.25) is 0 Å². The van der Waals surface area contributed by atoms with Crippen molar-refractivity contribution in [3.05, 3.63) is 41.6 Å². The number of aryl methyl sites for hydroxylation is 2. The summed E-state index contributed by atoms with van der Waals surface area (Å²) in [5, 5.41) is 0. The van der Waals surface area contributed by atoms with E-state index in [4.69, 9.17) is 10.6 Å². The molecule has 0 aliphatic carbocycles. The lowest BCUT2D eigenvalue weighted by Crippen LogP contribution is -2.08. The Balaban J connectivity index is 2.57. The Labute approximate surface area is 95.4 Å². The van der Waals surface area contributed by atoms with E-state index in [9.17, 15) is 0 Å². The number of hydrogen-bond acceptors (Lipinski definition) is 2. The number of methoxy groups -OCH3 is 1. The Bertz CT molecular complexity index is 495. The third kappa shape index (κ3) is 1.65. The van der Waals surface area contributed by atoms with Crippen molar-refractivity contribution in [1.82, 2.24) is 4.68 Å². The molecule has 2 aromatic rings. The molecular weight excluding hydrogens is 200 g/mol. The fourth-order valence-corrected chi connectivity index (χ4v) is 1.93. The third-order valence-electron chi connectivity index (χ3n) is 2.81. The first-order valence-electron chi connectivity index (χ1n) is 5.21. The van der Waals surface area contributed by atoms with Crippen LogP contribution < -0.4 is 10.6 Å². The Morgan fingerprint density at radius 2 is 1.88 bits per heavy atom. The van der Waals surface area contributed by atoms with Gasteiger partial charge in [0.25, 0.3) is 0 Å². The molecule has 0 radical (unpaired) electrons. The second kappa shape index (κ2) is 3.93. The molecule has 84 valence electrons. The minimum atomic E-state index is 0.869. The zero-order valence-corrected chi connectivity index (χ0v) is 9.82. The first-order chi connectivity index (χ1) is 7.63. The zero-order valence-electron chi connectivity index (χ0n) is 9.82. The van der Waals surface area contributed by atoms with Crippen LogP contribution in [-0.4, -0.2) is 11.8 Å². The number of nitrogens with two attached hydrogens (primary N) is 1. The van der Waals surface area contributed by atoms with Crippen molar-refractivity contribution in [1.29, 1.82) is 0 Å².